The summed E-state index contributed by atoms with van der Waals surface area (Å²) < 4.78 is 7.47. The van der Waals surface area contributed by atoms with Crippen LogP contribution in [0.5, 0.6) is 5.75 Å². The molecule has 2 N–H and O–H groups in total. The van der Waals surface area contributed by atoms with Crippen LogP contribution in [0.1, 0.15) is 25.5 Å². The molecule has 1 aliphatic heterocycles. The van der Waals surface area contributed by atoms with Gasteiger partial charge in [-0.3, -0.25) is 0 Å². The second-order valence-corrected chi connectivity index (χ2v) is 7.00. The minimum atomic E-state index is -0.288. The third-order valence-electron chi connectivity index (χ3n) is 4.61. The zero-order valence-corrected chi connectivity index (χ0v) is 15.8. The molecule has 0 spiro atoms. The molecule has 8 nitrogen and oxygen atoms in total. The fourth-order valence-corrected chi connectivity index (χ4v) is 3.27. The monoisotopic (exact) mass is 378 g/mol. The van der Waals surface area contributed by atoms with E-state index in [1.54, 1.807) is 4.68 Å². The van der Waals surface area contributed by atoms with E-state index in [0.29, 0.717) is 18.1 Å². The highest BCUT2D eigenvalue weighted by Gasteiger charge is 2.22. The van der Waals surface area contributed by atoms with E-state index in [1.807, 2.05) is 62.4 Å². The van der Waals surface area contributed by atoms with Gasteiger partial charge in [-0.05, 0) is 54.5 Å². The summed E-state index contributed by atoms with van der Waals surface area (Å²) in [4.78, 5) is 12.6. The van der Waals surface area contributed by atoms with Gasteiger partial charge in [0.15, 0.2) is 5.82 Å². The van der Waals surface area contributed by atoms with Gasteiger partial charge < -0.3 is 15.4 Å². The predicted octanol–water partition coefficient (Wildman–Crippen LogP) is 3.05. The van der Waals surface area contributed by atoms with Crippen molar-refractivity contribution >= 4 is 11.7 Å². The highest BCUT2D eigenvalue weighted by Crippen LogP contribution is 2.27. The standard InChI is InChI=1S/C20H22N6O2/c1-13(2)26-19(23-24-25-26)16-8-4-5-9-17(16)22-20(27)21-15-11-14-7-3-6-10-18(14)28-12-15/h3-10,13,15H,11-12H2,1-2H3,(H2,21,22,27)/t15-/m1/s1. The molecule has 0 unspecified atom stereocenters. The van der Waals surface area contributed by atoms with Crippen molar-refractivity contribution in [1.29, 1.82) is 0 Å². The van der Waals surface area contributed by atoms with Gasteiger partial charge in [0.25, 0.3) is 0 Å². The molecule has 0 radical (unpaired) electrons. The average Bonchev–Trinajstić information content (AvgIpc) is 3.18. The molecular formula is C20H22N6O2. The number of urea groups is 1. The highest BCUT2D eigenvalue weighted by atomic mass is 16.5. The Balaban J connectivity index is 1.48. The van der Waals surface area contributed by atoms with Crippen LogP contribution in [0.25, 0.3) is 11.4 Å². The van der Waals surface area contributed by atoms with Crippen molar-refractivity contribution in [2.75, 3.05) is 11.9 Å². The molecule has 2 amide bonds. The van der Waals surface area contributed by atoms with Crippen LogP contribution in [-0.2, 0) is 6.42 Å². The number of rotatable bonds is 4. The molecule has 1 atom stereocenters. The number of hydrogen-bond acceptors (Lipinski definition) is 5. The van der Waals surface area contributed by atoms with Crippen molar-refractivity contribution in [2.24, 2.45) is 0 Å². The third kappa shape index (κ3) is 3.66. The van der Waals surface area contributed by atoms with Crippen LogP contribution in [0.3, 0.4) is 0 Å². The van der Waals surface area contributed by atoms with Crippen molar-refractivity contribution in [3.8, 4) is 17.1 Å². The Labute approximate surface area is 162 Å². The maximum Gasteiger partial charge on any atom is 0.319 e. The van der Waals surface area contributed by atoms with Gasteiger partial charge in [-0.15, -0.1) is 5.10 Å². The van der Waals surface area contributed by atoms with Gasteiger partial charge in [0.2, 0.25) is 0 Å². The number of fused-ring (bicyclic) bond motifs is 1. The van der Waals surface area contributed by atoms with E-state index in [2.05, 4.69) is 26.2 Å². The maximum absolute atomic E-state index is 12.6. The molecule has 0 aliphatic carbocycles. The van der Waals surface area contributed by atoms with Crippen LogP contribution in [-0.4, -0.2) is 38.9 Å². The van der Waals surface area contributed by atoms with E-state index in [0.717, 1.165) is 23.3 Å². The second kappa shape index (κ2) is 7.67. The molecule has 3 aromatic rings. The molecule has 0 saturated carbocycles. The molecule has 0 bridgehead atoms. The Kier molecular flexibility index (Phi) is 4.92. The number of ether oxygens (including phenoxy) is 1. The Hall–Kier alpha value is -3.42. The molecular weight excluding hydrogens is 356 g/mol. The molecule has 0 saturated heterocycles. The van der Waals surface area contributed by atoms with Crippen molar-refractivity contribution in [3.05, 3.63) is 54.1 Å². The summed E-state index contributed by atoms with van der Waals surface area (Å²) in [7, 11) is 0. The summed E-state index contributed by atoms with van der Waals surface area (Å²) in [6.07, 6.45) is 0.733. The molecule has 0 fully saturated rings. The number of carbonyl (C=O) groups is 1. The Morgan fingerprint density at radius 2 is 1.96 bits per heavy atom. The third-order valence-corrected chi connectivity index (χ3v) is 4.61. The van der Waals surface area contributed by atoms with Crippen LogP contribution >= 0.6 is 0 Å². The lowest BCUT2D eigenvalue weighted by Crippen LogP contribution is -2.44. The lowest BCUT2D eigenvalue weighted by molar-refractivity contribution is 0.222. The first kappa shape index (κ1) is 18.0. The van der Waals surface area contributed by atoms with Crippen LogP contribution in [0.4, 0.5) is 10.5 Å². The summed E-state index contributed by atoms with van der Waals surface area (Å²) in [5.74, 6) is 1.49. The molecule has 8 heteroatoms. The smallest absolute Gasteiger partial charge is 0.319 e. The van der Waals surface area contributed by atoms with Gasteiger partial charge in [0.1, 0.15) is 12.4 Å². The van der Waals surface area contributed by atoms with Crippen molar-refractivity contribution < 1.29 is 9.53 Å². The number of aromatic nitrogens is 4. The number of nitrogens with zero attached hydrogens (tertiary/aromatic N) is 4. The van der Waals surface area contributed by atoms with Crippen molar-refractivity contribution in [1.82, 2.24) is 25.5 Å². The number of carbonyl (C=O) groups excluding carboxylic acids is 1. The Morgan fingerprint density at radius 3 is 2.82 bits per heavy atom. The summed E-state index contributed by atoms with van der Waals surface area (Å²) in [5.41, 5.74) is 2.51. The second-order valence-electron chi connectivity index (χ2n) is 7.00. The number of amides is 2. The number of benzene rings is 2. The van der Waals surface area contributed by atoms with Gasteiger partial charge in [-0.1, -0.05) is 30.3 Å². The largest absolute Gasteiger partial charge is 0.491 e. The van der Waals surface area contributed by atoms with Crippen LogP contribution in [0, 0.1) is 0 Å². The number of hydrogen-bond donors (Lipinski definition) is 2. The molecule has 4 rings (SSSR count). The van der Waals surface area contributed by atoms with Gasteiger partial charge in [-0.25, -0.2) is 9.48 Å². The predicted molar refractivity (Wildman–Crippen MR) is 105 cm³/mol. The van der Waals surface area contributed by atoms with Crippen molar-refractivity contribution in [3.63, 3.8) is 0 Å². The minimum absolute atomic E-state index is 0.0944. The van der Waals surface area contributed by atoms with Crippen LogP contribution in [0.2, 0.25) is 0 Å². The van der Waals surface area contributed by atoms with Crippen LogP contribution in [0.15, 0.2) is 48.5 Å². The van der Waals surface area contributed by atoms with Crippen LogP contribution < -0.4 is 15.4 Å². The molecule has 1 aromatic heterocycles. The average molecular weight is 378 g/mol. The van der Waals surface area contributed by atoms with Crippen molar-refractivity contribution in [2.45, 2.75) is 32.4 Å². The topological polar surface area (TPSA) is 94.0 Å². The number of para-hydroxylation sites is 2. The summed E-state index contributed by atoms with van der Waals surface area (Å²) in [6, 6.07) is 15.1. The normalized spacial score (nSPS) is 15.6. The SMILES string of the molecule is CC(C)n1nnnc1-c1ccccc1NC(=O)N[C@H]1COc2ccccc2C1. The van der Waals surface area contributed by atoms with E-state index in [9.17, 15) is 4.79 Å². The number of anilines is 1. The zero-order chi connectivity index (χ0) is 19.5. The first-order valence-corrected chi connectivity index (χ1v) is 9.27. The first-order chi connectivity index (χ1) is 13.6. The number of tetrazole rings is 1. The Morgan fingerprint density at radius 1 is 1.18 bits per heavy atom. The van der Waals surface area contributed by atoms with E-state index in [4.69, 9.17) is 4.74 Å². The first-order valence-electron chi connectivity index (χ1n) is 9.27. The maximum atomic E-state index is 12.6. The molecule has 1 aliphatic rings. The molecule has 2 heterocycles. The van der Waals surface area contributed by atoms with E-state index in [1.165, 1.54) is 0 Å². The molecule has 144 valence electrons. The lowest BCUT2D eigenvalue weighted by atomic mass is 10.0. The summed E-state index contributed by atoms with van der Waals surface area (Å²) in [6.45, 7) is 4.45. The van der Waals surface area contributed by atoms with Gasteiger partial charge in [0.05, 0.1) is 17.8 Å². The quantitative estimate of drug-likeness (QED) is 0.728. The molecule has 2 aromatic carbocycles. The van der Waals surface area contributed by atoms with E-state index < -0.39 is 0 Å². The van der Waals surface area contributed by atoms with Gasteiger partial charge >= 0.3 is 6.03 Å². The summed E-state index contributed by atoms with van der Waals surface area (Å²) >= 11 is 0. The fourth-order valence-electron chi connectivity index (χ4n) is 3.27. The van der Waals surface area contributed by atoms with Gasteiger partial charge in [0, 0.05) is 5.56 Å². The molecule has 28 heavy (non-hydrogen) atoms. The summed E-state index contributed by atoms with van der Waals surface area (Å²) in [5, 5.41) is 17.8. The number of nitrogens with one attached hydrogen (secondary N) is 2. The van der Waals surface area contributed by atoms with Gasteiger partial charge in [-0.2, -0.15) is 0 Å². The lowest BCUT2D eigenvalue weighted by Gasteiger charge is -2.26. The highest BCUT2D eigenvalue weighted by molar-refractivity contribution is 5.93. The zero-order valence-electron chi connectivity index (χ0n) is 15.8. The Bertz CT molecular complexity index is 984. The fraction of sp³-hybridized carbons (Fsp3) is 0.300. The van der Waals surface area contributed by atoms with E-state index >= 15 is 0 Å². The minimum Gasteiger partial charge on any atom is -0.491 e. The van der Waals surface area contributed by atoms with E-state index in [-0.39, 0.29) is 18.1 Å².